The van der Waals surface area contributed by atoms with Crippen molar-refractivity contribution in [2.75, 3.05) is 6.61 Å². The van der Waals surface area contributed by atoms with Crippen LogP contribution in [0.2, 0.25) is 0 Å². The van der Waals surface area contributed by atoms with Crippen molar-refractivity contribution in [1.82, 2.24) is 0 Å². The number of hydrogen-bond acceptors (Lipinski definition) is 3. The largest absolute Gasteiger partial charge is 0.462 e. The second-order valence-corrected chi connectivity index (χ2v) is 6.40. The van der Waals surface area contributed by atoms with Crippen LogP contribution >= 0.6 is 0 Å². The Balaban J connectivity index is 2.06. The summed E-state index contributed by atoms with van der Waals surface area (Å²) in [4.78, 5) is 23.1. The van der Waals surface area contributed by atoms with Crippen molar-refractivity contribution in [1.29, 1.82) is 0 Å². The molecule has 0 aliphatic rings. The zero-order valence-corrected chi connectivity index (χ0v) is 15.7. The first kappa shape index (κ1) is 22.9. The van der Waals surface area contributed by atoms with Crippen LogP contribution in [0.1, 0.15) is 74.2 Å². The summed E-state index contributed by atoms with van der Waals surface area (Å²) < 4.78 is 42.5. The first-order valence-electron chi connectivity index (χ1n) is 9.34. The molecule has 0 bridgehead atoms. The number of halogens is 3. The van der Waals surface area contributed by atoms with Crippen LogP contribution in [0.4, 0.5) is 13.2 Å². The van der Waals surface area contributed by atoms with Crippen LogP contribution in [-0.2, 0) is 15.7 Å². The van der Waals surface area contributed by atoms with Gasteiger partial charge in [-0.2, -0.15) is 13.2 Å². The monoisotopic (exact) mass is 384 g/mol. The Morgan fingerprint density at radius 2 is 1.48 bits per heavy atom. The van der Waals surface area contributed by atoms with E-state index in [2.05, 4.69) is 0 Å². The van der Waals surface area contributed by atoms with Crippen molar-refractivity contribution in [3.63, 3.8) is 0 Å². The van der Waals surface area contributed by atoms with Crippen LogP contribution in [0.15, 0.2) is 36.4 Å². The molecule has 0 fully saturated rings. The first-order valence-corrected chi connectivity index (χ1v) is 9.34. The minimum Gasteiger partial charge on any atom is -0.462 e. The molecule has 0 saturated carbocycles. The van der Waals surface area contributed by atoms with E-state index in [9.17, 15) is 22.8 Å². The molecule has 150 valence electrons. The molecule has 0 spiro atoms. The molecule has 6 heteroatoms. The van der Waals surface area contributed by atoms with Crippen LogP contribution in [0, 0.1) is 0 Å². The molecule has 0 radical (unpaired) electrons. The van der Waals surface area contributed by atoms with Gasteiger partial charge in [0.2, 0.25) is 0 Å². The third kappa shape index (κ3) is 9.97. The third-order valence-electron chi connectivity index (χ3n) is 4.10. The van der Waals surface area contributed by atoms with Crippen molar-refractivity contribution in [3.8, 4) is 0 Å². The predicted molar refractivity (Wildman–Crippen MR) is 98.5 cm³/mol. The van der Waals surface area contributed by atoms with E-state index in [-0.39, 0.29) is 18.0 Å². The Morgan fingerprint density at radius 1 is 0.926 bits per heavy atom. The van der Waals surface area contributed by atoms with Crippen LogP contribution in [0.25, 0.3) is 0 Å². The van der Waals surface area contributed by atoms with Crippen molar-refractivity contribution < 1.29 is 27.5 Å². The van der Waals surface area contributed by atoms with Crippen molar-refractivity contribution in [2.24, 2.45) is 0 Å². The fraction of sp³-hybridized carbons (Fsp3) is 0.524. The molecule has 1 aromatic rings. The second kappa shape index (κ2) is 12.3. The minimum atomic E-state index is -4.41. The fourth-order valence-electron chi connectivity index (χ4n) is 2.60. The molecule has 3 nitrogen and oxygen atoms in total. The topological polar surface area (TPSA) is 43.4 Å². The van der Waals surface area contributed by atoms with E-state index < -0.39 is 17.7 Å². The van der Waals surface area contributed by atoms with Gasteiger partial charge < -0.3 is 4.74 Å². The van der Waals surface area contributed by atoms with Gasteiger partial charge in [-0.3, -0.25) is 4.79 Å². The smallest absolute Gasteiger partial charge is 0.416 e. The van der Waals surface area contributed by atoms with Gasteiger partial charge in [0.05, 0.1) is 17.7 Å². The van der Waals surface area contributed by atoms with Crippen LogP contribution < -0.4 is 0 Å². The molecule has 0 aliphatic carbocycles. The molecule has 0 amide bonds. The highest BCUT2D eigenvalue weighted by molar-refractivity contribution is 5.89. The van der Waals surface area contributed by atoms with E-state index in [0.29, 0.717) is 6.42 Å². The Bertz CT molecular complexity index is 604. The number of esters is 1. The lowest BCUT2D eigenvalue weighted by atomic mass is 10.1. The van der Waals surface area contributed by atoms with E-state index in [1.807, 2.05) is 6.92 Å². The number of unbranched alkanes of at least 4 members (excludes halogenated alkanes) is 6. The Labute approximate surface area is 158 Å². The Hall–Kier alpha value is -2.11. The molecule has 0 heterocycles. The summed E-state index contributed by atoms with van der Waals surface area (Å²) in [5.74, 6) is -0.429. The lowest BCUT2D eigenvalue weighted by Gasteiger charge is -2.08. The zero-order valence-electron chi connectivity index (χ0n) is 15.7. The van der Waals surface area contributed by atoms with Gasteiger partial charge in [-0.25, -0.2) is 4.79 Å². The average molecular weight is 384 g/mol. The normalized spacial score (nSPS) is 11.7. The number of carbonyl (C=O) groups is 2. The van der Waals surface area contributed by atoms with Gasteiger partial charge in [0.1, 0.15) is 0 Å². The summed E-state index contributed by atoms with van der Waals surface area (Å²) in [5.41, 5.74) is -0.666. The van der Waals surface area contributed by atoms with Gasteiger partial charge in [-0.05, 0) is 50.1 Å². The molecule has 0 unspecified atom stereocenters. The SMILES string of the molecule is C/C=C/C(=O)CCCCCCCCCOC(=O)c1ccc(C(F)(F)F)cc1. The number of benzene rings is 1. The second-order valence-electron chi connectivity index (χ2n) is 6.40. The molecular weight excluding hydrogens is 357 g/mol. The summed E-state index contributed by atoms with van der Waals surface area (Å²) >= 11 is 0. The molecule has 0 atom stereocenters. The van der Waals surface area contributed by atoms with E-state index in [1.54, 1.807) is 12.2 Å². The molecule has 0 N–H and O–H groups in total. The molecule has 1 aromatic carbocycles. The summed E-state index contributed by atoms with van der Waals surface area (Å²) in [6, 6.07) is 4.02. The number of ketones is 1. The summed E-state index contributed by atoms with van der Waals surface area (Å²) in [6.07, 6.45) is 6.33. The quantitative estimate of drug-likeness (QED) is 0.247. The highest BCUT2D eigenvalue weighted by atomic mass is 19.4. The first-order chi connectivity index (χ1) is 12.8. The van der Waals surface area contributed by atoms with E-state index in [1.165, 1.54) is 0 Å². The maximum atomic E-state index is 12.5. The lowest BCUT2D eigenvalue weighted by Crippen LogP contribution is -2.08. The Morgan fingerprint density at radius 3 is 2.04 bits per heavy atom. The zero-order chi connectivity index (χ0) is 20.1. The number of rotatable bonds is 12. The molecular formula is C21H27F3O3. The summed E-state index contributed by atoms with van der Waals surface area (Å²) in [5, 5.41) is 0. The van der Waals surface area contributed by atoms with Crippen LogP contribution in [0.5, 0.6) is 0 Å². The number of allylic oxidation sites excluding steroid dienone is 2. The van der Waals surface area contributed by atoms with Gasteiger partial charge in [-0.15, -0.1) is 0 Å². The lowest BCUT2D eigenvalue weighted by molar-refractivity contribution is -0.137. The summed E-state index contributed by atoms with van der Waals surface area (Å²) in [7, 11) is 0. The van der Waals surface area contributed by atoms with E-state index in [0.717, 1.165) is 69.2 Å². The third-order valence-corrected chi connectivity index (χ3v) is 4.10. The van der Waals surface area contributed by atoms with Gasteiger partial charge in [0, 0.05) is 6.42 Å². The molecule has 0 aromatic heterocycles. The predicted octanol–water partition coefficient (Wildman–Crippen LogP) is 6.13. The maximum Gasteiger partial charge on any atom is 0.416 e. The number of carbonyl (C=O) groups excluding carboxylic acids is 2. The fourth-order valence-corrected chi connectivity index (χ4v) is 2.60. The standard InChI is InChI=1S/C21H27F3O3/c1-2-10-19(25)11-8-6-4-3-5-7-9-16-27-20(26)17-12-14-18(15-13-17)21(22,23)24/h2,10,12-15H,3-9,11,16H2,1H3/b10-2+. The van der Waals surface area contributed by atoms with Gasteiger partial charge >= 0.3 is 12.1 Å². The van der Waals surface area contributed by atoms with E-state index in [4.69, 9.17) is 4.74 Å². The van der Waals surface area contributed by atoms with Crippen LogP contribution in [0.3, 0.4) is 0 Å². The van der Waals surface area contributed by atoms with Crippen molar-refractivity contribution >= 4 is 11.8 Å². The maximum absolute atomic E-state index is 12.5. The Kier molecular flexibility index (Phi) is 10.5. The number of alkyl halides is 3. The van der Waals surface area contributed by atoms with Gasteiger partial charge in [0.25, 0.3) is 0 Å². The number of hydrogen-bond donors (Lipinski definition) is 0. The van der Waals surface area contributed by atoms with Gasteiger partial charge in [-0.1, -0.05) is 38.2 Å². The summed E-state index contributed by atoms with van der Waals surface area (Å²) in [6.45, 7) is 2.09. The molecule has 27 heavy (non-hydrogen) atoms. The number of ether oxygens (including phenoxy) is 1. The highest BCUT2D eigenvalue weighted by Gasteiger charge is 2.30. The average Bonchev–Trinajstić information content (AvgIpc) is 2.62. The minimum absolute atomic E-state index is 0.121. The molecule has 0 saturated heterocycles. The van der Waals surface area contributed by atoms with Crippen molar-refractivity contribution in [3.05, 3.63) is 47.5 Å². The van der Waals surface area contributed by atoms with E-state index >= 15 is 0 Å². The highest BCUT2D eigenvalue weighted by Crippen LogP contribution is 2.29. The van der Waals surface area contributed by atoms with Crippen LogP contribution in [-0.4, -0.2) is 18.4 Å². The van der Waals surface area contributed by atoms with Crippen molar-refractivity contribution in [2.45, 2.75) is 64.5 Å². The molecule has 0 aliphatic heterocycles. The van der Waals surface area contributed by atoms with Gasteiger partial charge in [0.15, 0.2) is 5.78 Å². The molecule has 1 rings (SSSR count).